The average molecular weight is 220 g/mol. The van der Waals surface area contributed by atoms with Crippen molar-refractivity contribution < 1.29 is 9.90 Å². The van der Waals surface area contributed by atoms with Crippen molar-refractivity contribution in [3.8, 4) is 0 Å². The highest BCUT2D eigenvalue weighted by molar-refractivity contribution is 6.17. The van der Waals surface area contributed by atoms with Crippen LogP contribution in [0.5, 0.6) is 0 Å². The summed E-state index contributed by atoms with van der Waals surface area (Å²) in [4.78, 5) is 11.2. The molecule has 1 fully saturated rings. The van der Waals surface area contributed by atoms with Gasteiger partial charge in [-0.25, -0.2) is 0 Å². The van der Waals surface area contributed by atoms with E-state index in [0.29, 0.717) is 18.8 Å². The third-order valence-electron chi connectivity index (χ3n) is 2.80. The van der Waals surface area contributed by atoms with Gasteiger partial charge in [-0.05, 0) is 31.1 Å². The Kier molecular flexibility index (Phi) is 4.69. The minimum Gasteiger partial charge on any atom is -0.396 e. The molecule has 0 aromatic carbocycles. The van der Waals surface area contributed by atoms with Crippen molar-refractivity contribution in [3.05, 3.63) is 0 Å². The maximum absolute atomic E-state index is 11.2. The van der Waals surface area contributed by atoms with Gasteiger partial charge in [-0.3, -0.25) is 4.79 Å². The van der Waals surface area contributed by atoms with Crippen molar-refractivity contribution in [1.29, 1.82) is 0 Å². The molecule has 0 atom stereocenters. The standard InChI is InChI=1S/C10H18ClNO2/c11-6-1-2-9(14)12-8-10(3-4-10)5-7-13/h13H,1-8H2,(H,12,14). The highest BCUT2D eigenvalue weighted by Crippen LogP contribution is 2.47. The van der Waals surface area contributed by atoms with E-state index >= 15 is 0 Å². The van der Waals surface area contributed by atoms with Gasteiger partial charge in [0.25, 0.3) is 0 Å². The van der Waals surface area contributed by atoms with Gasteiger partial charge in [-0.2, -0.15) is 0 Å². The van der Waals surface area contributed by atoms with Crippen LogP contribution in [-0.2, 0) is 4.79 Å². The summed E-state index contributed by atoms with van der Waals surface area (Å²) < 4.78 is 0. The summed E-state index contributed by atoms with van der Waals surface area (Å²) in [5, 5.41) is 11.7. The Morgan fingerprint density at radius 3 is 2.71 bits per heavy atom. The van der Waals surface area contributed by atoms with Gasteiger partial charge in [-0.15, -0.1) is 11.6 Å². The van der Waals surface area contributed by atoms with Gasteiger partial charge < -0.3 is 10.4 Å². The molecule has 3 nitrogen and oxygen atoms in total. The van der Waals surface area contributed by atoms with E-state index in [0.717, 1.165) is 25.7 Å². The summed E-state index contributed by atoms with van der Waals surface area (Å²) in [6.07, 6.45) is 4.31. The Labute approximate surface area is 89.8 Å². The van der Waals surface area contributed by atoms with Crippen molar-refractivity contribution in [2.75, 3.05) is 19.0 Å². The van der Waals surface area contributed by atoms with Gasteiger partial charge in [0.1, 0.15) is 0 Å². The van der Waals surface area contributed by atoms with Crippen molar-refractivity contribution in [2.24, 2.45) is 5.41 Å². The van der Waals surface area contributed by atoms with Gasteiger partial charge in [0.15, 0.2) is 0 Å². The topological polar surface area (TPSA) is 49.3 Å². The van der Waals surface area contributed by atoms with Crippen molar-refractivity contribution in [3.63, 3.8) is 0 Å². The first-order chi connectivity index (χ1) is 6.72. The fraction of sp³-hybridized carbons (Fsp3) is 0.900. The van der Waals surface area contributed by atoms with Crippen LogP contribution >= 0.6 is 11.6 Å². The Balaban J connectivity index is 2.10. The quantitative estimate of drug-likeness (QED) is 0.634. The molecule has 0 bridgehead atoms. The molecule has 1 amide bonds. The number of amides is 1. The lowest BCUT2D eigenvalue weighted by Gasteiger charge is -2.14. The number of hydrogen-bond donors (Lipinski definition) is 2. The normalized spacial score (nSPS) is 17.9. The molecule has 1 rings (SSSR count). The largest absolute Gasteiger partial charge is 0.396 e. The minimum atomic E-state index is 0.0786. The van der Waals surface area contributed by atoms with Crippen LogP contribution in [-0.4, -0.2) is 30.0 Å². The molecule has 1 aliphatic carbocycles. The predicted molar refractivity (Wildman–Crippen MR) is 56.3 cm³/mol. The van der Waals surface area contributed by atoms with Gasteiger partial charge in [-0.1, -0.05) is 0 Å². The third-order valence-corrected chi connectivity index (χ3v) is 3.06. The van der Waals surface area contributed by atoms with Crippen molar-refractivity contribution in [2.45, 2.75) is 32.1 Å². The number of nitrogens with one attached hydrogen (secondary N) is 1. The first kappa shape index (κ1) is 11.8. The number of carbonyl (C=O) groups is 1. The lowest BCUT2D eigenvalue weighted by Crippen LogP contribution is -2.30. The second-order valence-corrected chi connectivity index (χ2v) is 4.42. The van der Waals surface area contributed by atoms with E-state index < -0.39 is 0 Å². The zero-order chi connectivity index (χ0) is 10.4. The highest BCUT2D eigenvalue weighted by atomic mass is 35.5. The summed E-state index contributed by atoms with van der Waals surface area (Å²) >= 11 is 5.48. The SMILES string of the molecule is O=C(CCCCl)NCC1(CCO)CC1. The van der Waals surface area contributed by atoms with E-state index in [1.54, 1.807) is 0 Å². The van der Waals surface area contributed by atoms with E-state index in [9.17, 15) is 4.79 Å². The molecule has 82 valence electrons. The molecule has 0 unspecified atom stereocenters. The van der Waals surface area contributed by atoms with E-state index in [2.05, 4.69) is 5.32 Å². The Morgan fingerprint density at radius 2 is 2.21 bits per heavy atom. The molecular weight excluding hydrogens is 202 g/mol. The van der Waals surface area contributed by atoms with E-state index in [-0.39, 0.29) is 17.9 Å². The smallest absolute Gasteiger partial charge is 0.220 e. The summed E-state index contributed by atoms with van der Waals surface area (Å²) in [7, 11) is 0. The lowest BCUT2D eigenvalue weighted by atomic mass is 10.0. The van der Waals surface area contributed by atoms with Crippen LogP contribution < -0.4 is 5.32 Å². The Hall–Kier alpha value is -0.280. The molecule has 0 spiro atoms. The average Bonchev–Trinajstić information content (AvgIpc) is 2.93. The number of rotatable bonds is 7. The molecule has 0 saturated heterocycles. The number of alkyl halides is 1. The monoisotopic (exact) mass is 219 g/mol. The number of halogens is 1. The molecule has 1 saturated carbocycles. The van der Waals surface area contributed by atoms with Crippen LogP contribution in [0.15, 0.2) is 0 Å². The highest BCUT2D eigenvalue weighted by Gasteiger charge is 2.41. The van der Waals surface area contributed by atoms with Gasteiger partial charge in [0, 0.05) is 25.5 Å². The van der Waals surface area contributed by atoms with Crippen molar-refractivity contribution in [1.82, 2.24) is 5.32 Å². The molecular formula is C10H18ClNO2. The van der Waals surface area contributed by atoms with Crippen LogP contribution in [0.3, 0.4) is 0 Å². The maximum Gasteiger partial charge on any atom is 0.220 e. The van der Waals surface area contributed by atoms with Gasteiger partial charge in [0.2, 0.25) is 5.91 Å². The summed E-state index contributed by atoms with van der Waals surface area (Å²) in [5.74, 6) is 0.615. The predicted octanol–water partition coefficient (Wildman–Crippen LogP) is 1.28. The number of aliphatic hydroxyl groups is 1. The second-order valence-electron chi connectivity index (χ2n) is 4.04. The number of carbonyl (C=O) groups excluding carboxylic acids is 1. The molecule has 0 radical (unpaired) electrons. The molecule has 2 N–H and O–H groups in total. The Morgan fingerprint density at radius 1 is 1.50 bits per heavy atom. The van der Waals surface area contributed by atoms with Crippen LogP contribution in [0.4, 0.5) is 0 Å². The third kappa shape index (κ3) is 3.84. The fourth-order valence-electron chi connectivity index (χ4n) is 1.53. The van der Waals surface area contributed by atoms with E-state index in [1.165, 1.54) is 0 Å². The van der Waals surface area contributed by atoms with Crippen molar-refractivity contribution >= 4 is 17.5 Å². The molecule has 1 aliphatic rings. The first-order valence-corrected chi connectivity index (χ1v) is 5.69. The molecule has 0 aliphatic heterocycles. The fourth-order valence-corrected chi connectivity index (χ4v) is 1.66. The summed E-state index contributed by atoms with van der Waals surface area (Å²) in [6, 6.07) is 0. The van der Waals surface area contributed by atoms with Crippen LogP contribution in [0.25, 0.3) is 0 Å². The zero-order valence-electron chi connectivity index (χ0n) is 8.39. The summed E-state index contributed by atoms with van der Waals surface area (Å²) in [6.45, 7) is 0.937. The molecule has 0 heterocycles. The summed E-state index contributed by atoms with van der Waals surface area (Å²) in [5.41, 5.74) is 0.214. The van der Waals surface area contributed by atoms with Crippen LogP contribution in [0.2, 0.25) is 0 Å². The van der Waals surface area contributed by atoms with Gasteiger partial charge in [0.05, 0.1) is 0 Å². The van der Waals surface area contributed by atoms with Gasteiger partial charge >= 0.3 is 0 Å². The number of aliphatic hydroxyl groups excluding tert-OH is 1. The molecule has 0 aromatic heterocycles. The Bertz CT molecular complexity index is 193. The van der Waals surface area contributed by atoms with Crippen LogP contribution in [0, 0.1) is 5.41 Å². The maximum atomic E-state index is 11.2. The molecule has 14 heavy (non-hydrogen) atoms. The second kappa shape index (κ2) is 5.56. The van der Waals surface area contributed by atoms with E-state index in [1.807, 2.05) is 0 Å². The number of hydrogen-bond acceptors (Lipinski definition) is 2. The van der Waals surface area contributed by atoms with E-state index in [4.69, 9.17) is 16.7 Å². The lowest BCUT2D eigenvalue weighted by molar-refractivity contribution is -0.121. The first-order valence-electron chi connectivity index (χ1n) is 5.16. The molecule has 4 heteroatoms. The minimum absolute atomic E-state index is 0.0786. The van der Waals surface area contributed by atoms with Crippen LogP contribution in [0.1, 0.15) is 32.1 Å². The molecule has 0 aromatic rings. The zero-order valence-corrected chi connectivity index (χ0v) is 9.15.